The number of phosphoric acid groups is 1. The summed E-state index contributed by atoms with van der Waals surface area (Å²) in [6, 6.07) is -1.39. The summed E-state index contributed by atoms with van der Waals surface area (Å²) in [5.74, 6) is -1.78. The summed E-state index contributed by atoms with van der Waals surface area (Å²) >= 11 is 0. The van der Waals surface area contributed by atoms with Gasteiger partial charge in [0.15, 0.2) is 12.4 Å². The van der Waals surface area contributed by atoms with Gasteiger partial charge in [0, 0.05) is 19.4 Å². The zero-order valence-electron chi connectivity index (χ0n) is 41.5. The van der Waals surface area contributed by atoms with E-state index >= 15 is 0 Å². The Kier molecular flexibility index (Phi) is 39.5. The smallest absolute Gasteiger partial charge is 0.462 e. The normalized spacial score (nSPS) is 19.5. The molecule has 400 valence electrons. The molecule has 1 aliphatic heterocycles. The zero-order chi connectivity index (χ0) is 50.1. The number of esters is 2. The van der Waals surface area contributed by atoms with E-state index in [1.54, 1.807) is 0 Å². The van der Waals surface area contributed by atoms with Crippen LogP contribution in [0.15, 0.2) is 0 Å². The molecule has 0 aromatic carbocycles. The highest BCUT2D eigenvalue weighted by molar-refractivity contribution is 7.47. The number of carbonyl (C=O) groups is 4. The fourth-order valence-corrected chi connectivity index (χ4v) is 8.36. The monoisotopic (exact) mass is 999 g/mol. The van der Waals surface area contributed by atoms with Crippen LogP contribution < -0.4 is 10.6 Å². The minimum absolute atomic E-state index is 0.142. The maximum atomic E-state index is 12.8. The van der Waals surface area contributed by atoms with E-state index in [4.69, 9.17) is 37.8 Å². The highest BCUT2D eigenvalue weighted by Crippen LogP contribution is 2.43. The molecule has 0 aromatic rings. The largest absolute Gasteiger partial charge is 0.472 e. The topological polar surface area (TPSA) is 275 Å². The lowest BCUT2D eigenvalue weighted by Gasteiger charge is -2.40. The summed E-state index contributed by atoms with van der Waals surface area (Å²) in [4.78, 5) is 59.8. The SMILES string of the molecule is CCCCCCCCCCCCCCCC(=O)OC[C@H](COP(=O)(O)OCCNC(=O)OCCOCC(=O)NC1C(O)OC(CO)C(O)C1O)OC(=O)CCCCCCCCCCCCCCC. The standard InChI is InChI=1S/C48H91N2O17P/c1-3-5-7-9-11-13-15-17-19-21-23-25-27-29-42(53)63-36-39(66-43(54)30-28-26-24-22-20-18-16-14-12-10-8-6-4-2)37-65-68(59,60)64-32-31-49-48(58)62-34-33-61-38-41(52)50-44-46(56)45(55)40(35-51)67-47(44)57/h39-40,44-47,51,55-57H,3-38H2,1-2H3,(H,49,58)(H,50,52)(H,59,60)/t39-,40?,44?,45?,46?,47?/m1/s1. The Bertz CT molecular complexity index is 1330. The molecule has 7 atom stereocenters. The van der Waals surface area contributed by atoms with Crippen LogP contribution >= 0.6 is 7.82 Å². The van der Waals surface area contributed by atoms with Crippen molar-refractivity contribution in [3.05, 3.63) is 0 Å². The van der Waals surface area contributed by atoms with Gasteiger partial charge in [0.1, 0.15) is 44.2 Å². The van der Waals surface area contributed by atoms with Crippen LogP contribution in [0.25, 0.3) is 0 Å². The number of phosphoric ester groups is 1. The van der Waals surface area contributed by atoms with Crippen molar-refractivity contribution in [2.75, 3.05) is 52.8 Å². The number of aliphatic hydroxyl groups is 4. The number of aliphatic hydroxyl groups excluding tert-OH is 4. The van der Waals surface area contributed by atoms with Crippen LogP contribution in [0.5, 0.6) is 0 Å². The fourth-order valence-electron chi connectivity index (χ4n) is 7.61. The van der Waals surface area contributed by atoms with Gasteiger partial charge in [-0.2, -0.15) is 0 Å². The summed E-state index contributed by atoms with van der Waals surface area (Å²) in [6.45, 7) is 1.06. The Balaban J connectivity index is 2.40. The van der Waals surface area contributed by atoms with E-state index in [-0.39, 0.29) is 39.2 Å². The molecule has 19 nitrogen and oxygen atoms in total. The van der Waals surface area contributed by atoms with Crippen LogP contribution in [-0.2, 0) is 51.7 Å². The first kappa shape index (κ1) is 63.6. The molecule has 68 heavy (non-hydrogen) atoms. The van der Waals surface area contributed by atoms with E-state index < -0.39 is 94.9 Å². The summed E-state index contributed by atoms with van der Waals surface area (Å²) in [5, 5.41) is 43.8. The maximum absolute atomic E-state index is 12.8. The Hall–Kier alpha value is -2.45. The Labute approximate surface area is 406 Å². The molecule has 0 aliphatic carbocycles. The minimum Gasteiger partial charge on any atom is -0.462 e. The average molecular weight is 999 g/mol. The molecule has 6 unspecified atom stereocenters. The predicted octanol–water partition coefficient (Wildman–Crippen LogP) is 7.20. The van der Waals surface area contributed by atoms with Gasteiger partial charge in [0.25, 0.3) is 0 Å². The second kappa shape index (κ2) is 42.3. The summed E-state index contributed by atoms with van der Waals surface area (Å²) in [6.07, 6.45) is 22.6. The van der Waals surface area contributed by atoms with Crippen LogP contribution in [-0.4, -0.2) is 139 Å². The molecule has 1 aliphatic rings. The molecule has 0 radical (unpaired) electrons. The number of carbonyl (C=O) groups excluding carboxylic acids is 4. The van der Waals surface area contributed by atoms with E-state index in [0.29, 0.717) is 12.8 Å². The molecule has 0 aromatic heterocycles. The summed E-state index contributed by atoms with van der Waals surface area (Å²) in [5.41, 5.74) is 0. The molecule has 0 spiro atoms. The zero-order valence-corrected chi connectivity index (χ0v) is 42.4. The van der Waals surface area contributed by atoms with Crippen molar-refractivity contribution in [3.63, 3.8) is 0 Å². The van der Waals surface area contributed by atoms with E-state index in [1.165, 1.54) is 116 Å². The van der Waals surface area contributed by atoms with Gasteiger partial charge >= 0.3 is 25.9 Å². The van der Waals surface area contributed by atoms with Crippen LogP contribution in [0.3, 0.4) is 0 Å². The van der Waals surface area contributed by atoms with E-state index in [2.05, 4.69) is 24.5 Å². The molecule has 0 saturated carbocycles. The second-order valence-electron chi connectivity index (χ2n) is 17.8. The Morgan fingerprint density at radius 3 is 1.59 bits per heavy atom. The highest BCUT2D eigenvalue weighted by atomic mass is 31.2. The van der Waals surface area contributed by atoms with Crippen LogP contribution in [0.2, 0.25) is 0 Å². The van der Waals surface area contributed by atoms with E-state index in [9.17, 15) is 44.0 Å². The van der Waals surface area contributed by atoms with Gasteiger partial charge < -0.3 is 59.6 Å². The van der Waals surface area contributed by atoms with Crippen molar-refractivity contribution in [1.82, 2.24) is 10.6 Å². The molecule has 1 rings (SSSR count). The molecular weight excluding hydrogens is 907 g/mol. The second-order valence-corrected chi connectivity index (χ2v) is 19.3. The number of hydrogen-bond donors (Lipinski definition) is 7. The van der Waals surface area contributed by atoms with Crippen molar-refractivity contribution in [3.8, 4) is 0 Å². The summed E-state index contributed by atoms with van der Waals surface area (Å²) in [7, 11) is -4.71. The average Bonchev–Trinajstić information content (AvgIpc) is 3.31. The molecule has 1 heterocycles. The van der Waals surface area contributed by atoms with Crippen molar-refractivity contribution >= 4 is 31.8 Å². The number of rotatable bonds is 45. The van der Waals surface area contributed by atoms with Crippen molar-refractivity contribution in [2.45, 2.75) is 230 Å². The van der Waals surface area contributed by atoms with Gasteiger partial charge in [-0.3, -0.25) is 23.4 Å². The van der Waals surface area contributed by atoms with Crippen LogP contribution in [0, 0.1) is 0 Å². The predicted molar refractivity (Wildman–Crippen MR) is 255 cm³/mol. The minimum atomic E-state index is -4.71. The number of alkyl carbamates (subject to hydrolysis) is 1. The van der Waals surface area contributed by atoms with Gasteiger partial charge in [0.05, 0.1) is 26.4 Å². The van der Waals surface area contributed by atoms with Gasteiger partial charge in [-0.1, -0.05) is 168 Å². The number of hydrogen-bond acceptors (Lipinski definition) is 16. The highest BCUT2D eigenvalue weighted by Gasteiger charge is 2.44. The Morgan fingerprint density at radius 1 is 0.603 bits per heavy atom. The number of unbranched alkanes of at least 4 members (excludes halogenated alkanes) is 24. The number of nitrogens with one attached hydrogen (secondary N) is 2. The lowest BCUT2D eigenvalue weighted by molar-refractivity contribution is -0.254. The van der Waals surface area contributed by atoms with Crippen molar-refractivity contribution in [1.29, 1.82) is 0 Å². The quantitative estimate of drug-likeness (QED) is 0.0138. The first-order valence-electron chi connectivity index (χ1n) is 25.9. The van der Waals surface area contributed by atoms with Gasteiger partial charge in [-0.05, 0) is 12.8 Å². The molecule has 2 amide bonds. The maximum Gasteiger partial charge on any atom is 0.472 e. The third-order valence-corrected chi connectivity index (χ3v) is 12.7. The van der Waals surface area contributed by atoms with E-state index in [1.807, 2.05) is 0 Å². The van der Waals surface area contributed by atoms with E-state index in [0.717, 1.165) is 38.5 Å². The number of ether oxygens (including phenoxy) is 5. The first-order chi connectivity index (χ1) is 32.8. The van der Waals surface area contributed by atoms with Crippen molar-refractivity contribution < 1.29 is 81.8 Å². The molecule has 20 heteroatoms. The lowest BCUT2D eigenvalue weighted by atomic mass is 9.97. The van der Waals surface area contributed by atoms with Gasteiger partial charge in [0.2, 0.25) is 5.91 Å². The van der Waals surface area contributed by atoms with Crippen LogP contribution in [0.1, 0.15) is 194 Å². The van der Waals surface area contributed by atoms with Gasteiger partial charge in [-0.15, -0.1) is 0 Å². The lowest BCUT2D eigenvalue weighted by Crippen LogP contribution is -2.64. The molecular formula is C48H91N2O17P. The molecule has 7 N–H and O–H groups in total. The number of amides is 2. The van der Waals surface area contributed by atoms with Crippen LogP contribution in [0.4, 0.5) is 4.79 Å². The molecule has 0 bridgehead atoms. The van der Waals surface area contributed by atoms with Crippen molar-refractivity contribution in [2.24, 2.45) is 0 Å². The molecule has 1 fully saturated rings. The third-order valence-electron chi connectivity index (χ3n) is 11.7. The van der Waals surface area contributed by atoms with Gasteiger partial charge in [-0.25, -0.2) is 9.36 Å². The Morgan fingerprint density at radius 2 is 1.09 bits per heavy atom. The summed E-state index contributed by atoms with van der Waals surface area (Å²) < 4.78 is 48.6. The molecule has 1 saturated heterocycles. The third kappa shape index (κ3) is 34.8. The fraction of sp³-hybridized carbons (Fsp3) is 0.917. The first-order valence-corrected chi connectivity index (χ1v) is 27.4.